The smallest absolute Gasteiger partial charge is 0.132 e. The van der Waals surface area contributed by atoms with E-state index in [0.717, 1.165) is 11.4 Å². The molecule has 0 radical (unpaired) electrons. The number of aromatic nitrogens is 1. The number of carbonyl (C=O) groups is 1. The summed E-state index contributed by atoms with van der Waals surface area (Å²) in [5.74, 6) is 0.380. The SMILES string of the molecule is CC(=O)C(C)Cc1cnc(C)s1. The van der Waals surface area contributed by atoms with Gasteiger partial charge in [0.05, 0.1) is 5.01 Å². The van der Waals surface area contributed by atoms with Crippen molar-refractivity contribution in [1.29, 1.82) is 0 Å². The van der Waals surface area contributed by atoms with Crippen LogP contribution in [0.2, 0.25) is 0 Å². The molecular formula is C9H13NOS. The van der Waals surface area contributed by atoms with Gasteiger partial charge >= 0.3 is 0 Å². The van der Waals surface area contributed by atoms with Gasteiger partial charge in [0.2, 0.25) is 0 Å². The first-order chi connectivity index (χ1) is 5.59. The van der Waals surface area contributed by atoms with E-state index in [9.17, 15) is 4.79 Å². The lowest BCUT2D eigenvalue weighted by Crippen LogP contribution is -2.08. The minimum absolute atomic E-state index is 0.129. The van der Waals surface area contributed by atoms with Gasteiger partial charge in [-0.1, -0.05) is 6.92 Å². The minimum Gasteiger partial charge on any atom is -0.300 e. The van der Waals surface area contributed by atoms with E-state index in [1.54, 1.807) is 18.3 Å². The number of hydrogen-bond acceptors (Lipinski definition) is 3. The van der Waals surface area contributed by atoms with Crippen LogP contribution in [-0.4, -0.2) is 10.8 Å². The quantitative estimate of drug-likeness (QED) is 0.719. The summed E-state index contributed by atoms with van der Waals surface area (Å²) in [7, 11) is 0. The monoisotopic (exact) mass is 183 g/mol. The third-order valence-electron chi connectivity index (χ3n) is 1.87. The van der Waals surface area contributed by atoms with Crippen LogP contribution in [0.4, 0.5) is 0 Å². The highest BCUT2D eigenvalue weighted by Crippen LogP contribution is 2.16. The molecule has 0 aromatic carbocycles. The van der Waals surface area contributed by atoms with Gasteiger partial charge in [0.25, 0.3) is 0 Å². The second-order valence-corrected chi connectivity index (χ2v) is 4.38. The number of thiazole rings is 1. The number of carbonyl (C=O) groups excluding carboxylic acids is 1. The van der Waals surface area contributed by atoms with Crippen LogP contribution in [-0.2, 0) is 11.2 Å². The summed E-state index contributed by atoms with van der Waals surface area (Å²) >= 11 is 1.67. The van der Waals surface area contributed by atoms with Crippen molar-refractivity contribution >= 4 is 17.1 Å². The third kappa shape index (κ3) is 2.41. The van der Waals surface area contributed by atoms with E-state index in [1.807, 2.05) is 20.0 Å². The summed E-state index contributed by atoms with van der Waals surface area (Å²) in [6.07, 6.45) is 2.69. The molecule has 1 unspecified atom stereocenters. The van der Waals surface area contributed by atoms with Crippen molar-refractivity contribution in [1.82, 2.24) is 4.98 Å². The lowest BCUT2D eigenvalue weighted by Gasteiger charge is -2.03. The van der Waals surface area contributed by atoms with Crippen LogP contribution in [0.25, 0.3) is 0 Å². The van der Waals surface area contributed by atoms with Crippen LogP contribution < -0.4 is 0 Å². The van der Waals surface area contributed by atoms with Gasteiger partial charge < -0.3 is 0 Å². The van der Waals surface area contributed by atoms with E-state index in [-0.39, 0.29) is 11.7 Å². The summed E-state index contributed by atoms with van der Waals surface area (Å²) < 4.78 is 0. The van der Waals surface area contributed by atoms with Crippen molar-refractivity contribution in [2.24, 2.45) is 5.92 Å². The van der Waals surface area contributed by atoms with Gasteiger partial charge in [0.1, 0.15) is 5.78 Å². The van der Waals surface area contributed by atoms with Crippen LogP contribution in [0.5, 0.6) is 0 Å². The zero-order chi connectivity index (χ0) is 9.14. The van der Waals surface area contributed by atoms with Gasteiger partial charge in [-0.25, -0.2) is 4.98 Å². The zero-order valence-corrected chi connectivity index (χ0v) is 8.44. The van der Waals surface area contributed by atoms with Crippen molar-refractivity contribution in [3.8, 4) is 0 Å². The summed E-state index contributed by atoms with van der Waals surface area (Å²) in [5, 5.41) is 1.07. The lowest BCUT2D eigenvalue weighted by atomic mass is 10.0. The predicted octanol–water partition coefficient (Wildman–Crippen LogP) is 2.22. The fraction of sp³-hybridized carbons (Fsp3) is 0.556. The van der Waals surface area contributed by atoms with Gasteiger partial charge in [-0.05, 0) is 20.3 Å². The molecule has 2 nitrogen and oxygen atoms in total. The fourth-order valence-corrected chi connectivity index (χ4v) is 1.87. The summed E-state index contributed by atoms with van der Waals surface area (Å²) in [6.45, 7) is 5.57. The normalized spacial score (nSPS) is 12.9. The van der Waals surface area contributed by atoms with Crippen molar-refractivity contribution in [2.45, 2.75) is 27.2 Å². The van der Waals surface area contributed by atoms with E-state index < -0.39 is 0 Å². The summed E-state index contributed by atoms with van der Waals surface area (Å²) in [4.78, 5) is 16.3. The Labute approximate surface area is 76.6 Å². The third-order valence-corrected chi connectivity index (χ3v) is 2.81. The molecule has 1 aromatic rings. The molecule has 1 aromatic heterocycles. The van der Waals surface area contributed by atoms with Crippen LogP contribution in [0.3, 0.4) is 0 Å². The standard InChI is InChI=1S/C9H13NOS/c1-6(7(2)11)4-9-5-10-8(3)12-9/h5-6H,4H2,1-3H3. The predicted molar refractivity (Wildman–Crippen MR) is 50.4 cm³/mol. The average molecular weight is 183 g/mol. The number of ketones is 1. The van der Waals surface area contributed by atoms with E-state index in [4.69, 9.17) is 0 Å². The van der Waals surface area contributed by atoms with Crippen molar-refractivity contribution in [3.05, 3.63) is 16.1 Å². The van der Waals surface area contributed by atoms with Crippen molar-refractivity contribution < 1.29 is 4.79 Å². The summed E-state index contributed by atoms with van der Waals surface area (Å²) in [6, 6.07) is 0. The molecule has 0 aliphatic carbocycles. The molecular weight excluding hydrogens is 170 g/mol. The molecule has 0 fully saturated rings. The number of Topliss-reactive ketones (excluding diaryl/α,β-unsaturated/α-hetero) is 1. The molecule has 0 aliphatic rings. The molecule has 0 saturated carbocycles. The van der Waals surface area contributed by atoms with Gasteiger partial charge in [0, 0.05) is 17.0 Å². The zero-order valence-electron chi connectivity index (χ0n) is 7.63. The van der Waals surface area contributed by atoms with Crippen LogP contribution in [0, 0.1) is 12.8 Å². The highest BCUT2D eigenvalue weighted by Gasteiger charge is 2.09. The van der Waals surface area contributed by atoms with Gasteiger partial charge in [-0.15, -0.1) is 11.3 Å². The molecule has 0 aliphatic heterocycles. The number of nitrogens with zero attached hydrogens (tertiary/aromatic N) is 1. The topological polar surface area (TPSA) is 30.0 Å². The van der Waals surface area contributed by atoms with Crippen molar-refractivity contribution in [2.75, 3.05) is 0 Å². The molecule has 3 heteroatoms. The Hall–Kier alpha value is -0.700. The molecule has 0 saturated heterocycles. The Morgan fingerprint density at radius 3 is 2.83 bits per heavy atom. The van der Waals surface area contributed by atoms with Gasteiger partial charge in [-0.2, -0.15) is 0 Å². The Morgan fingerprint density at radius 1 is 1.75 bits per heavy atom. The second-order valence-electron chi connectivity index (χ2n) is 3.06. The van der Waals surface area contributed by atoms with E-state index in [0.29, 0.717) is 0 Å². The molecule has 12 heavy (non-hydrogen) atoms. The number of aryl methyl sites for hydroxylation is 1. The second kappa shape index (κ2) is 3.81. The minimum atomic E-state index is 0.129. The maximum atomic E-state index is 10.9. The largest absolute Gasteiger partial charge is 0.300 e. The average Bonchev–Trinajstić information content (AvgIpc) is 2.35. The Balaban J connectivity index is 2.58. The maximum Gasteiger partial charge on any atom is 0.132 e. The van der Waals surface area contributed by atoms with Crippen LogP contribution >= 0.6 is 11.3 Å². The van der Waals surface area contributed by atoms with Crippen molar-refractivity contribution in [3.63, 3.8) is 0 Å². The molecule has 66 valence electrons. The molecule has 1 rings (SSSR count). The molecule has 1 atom stereocenters. The first-order valence-corrected chi connectivity index (χ1v) is 4.83. The van der Waals surface area contributed by atoms with E-state index >= 15 is 0 Å². The number of hydrogen-bond donors (Lipinski definition) is 0. The van der Waals surface area contributed by atoms with Gasteiger partial charge in [0.15, 0.2) is 0 Å². The molecule has 1 heterocycles. The van der Waals surface area contributed by atoms with E-state index in [2.05, 4.69) is 4.98 Å². The Kier molecular flexibility index (Phi) is 2.98. The lowest BCUT2D eigenvalue weighted by molar-refractivity contribution is -0.120. The Morgan fingerprint density at radius 2 is 2.42 bits per heavy atom. The first kappa shape index (κ1) is 9.39. The fourth-order valence-electron chi connectivity index (χ4n) is 0.945. The molecule has 0 spiro atoms. The van der Waals surface area contributed by atoms with E-state index in [1.165, 1.54) is 4.88 Å². The van der Waals surface area contributed by atoms with Gasteiger partial charge in [-0.3, -0.25) is 4.79 Å². The Bertz CT molecular complexity index is 280. The molecule has 0 amide bonds. The highest BCUT2D eigenvalue weighted by molar-refractivity contribution is 7.11. The van der Waals surface area contributed by atoms with Crippen LogP contribution in [0.15, 0.2) is 6.20 Å². The van der Waals surface area contributed by atoms with Crippen LogP contribution in [0.1, 0.15) is 23.7 Å². The first-order valence-electron chi connectivity index (χ1n) is 4.01. The molecule has 0 bridgehead atoms. The number of rotatable bonds is 3. The highest BCUT2D eigenvalue weighted by atomic mass is 32.1. The molecule has 0 N–H and O–H groups in total. The summed E-state index contributed by atoms with van der Waals surface area (Å²) in [5.41, 5.74) is 0. The maximum absolute atomic E-state index is 10.9.